The van der Waals surface area contributed by atoms with E-state index in [4.69, 9.17) is 38.0 Å². The normalized spacial score (nSPS) is 14.7. The Hall–Kier alpha value is -8.37. The summed E-state index contributed by atoms with van der Waals surface area (Å²) < 4.78 is 39.3. The van der Waals surface area contributed by atoms with Gasteiger partial charge in [-0.25, -0.2) is 19.3 Å². The van der Waals surface area contributed by atoms with Gasteiger partial charge in [-0.15, -0.1) is 5.06 Å². The smallest absolute Gasteiger partial charge is 0.419 e. The molecule has 1 fully saturated rings. The summed E-state index contributed by atoms with van der Waals surface area (Å²) in [5, 5.41) is 24.6. The van der Waals surface area contributed by atoms with E-state index in [0.717, 1.165) is 17.7 Å². The van der Waals surface area contributed by atoms with Crippen LogP contribution >= 0.6 is 0 Å². The maximum absolute atomic E-state index is 14.6. The molecule has 0 spiro atoms. The van der Waals surface area contributed by atoms with Gasteiger partial charge in [0.05, 0.1) is 78.6 Å². The second-order valence-corrected chi connectivity index (χ2v) is 16.1. The van der Waals surface area contributed by atoms with Gasteiger partial charge in [-0.05, 0) is 67.5 Å². The molecule has 23 heteroatoms. The number of carbonyl (C=O) groups is 5. The highest BCUT2D eigenvalue weighted by Gasteiger charge is 2.37. The number of nitrogens with zero attached hydrogens (tertiary/aromatic N) is 6. The van der Waals surface area contributed by atoms with Gasteiger partial charge >= 0.3 is 18.2 Å². The number of benzene rings is 4. The lowest BCUT2D eigenvalue weighted by atomic mass is 9.97. The van der Waals surface area contributed by atoms with E-state index < -0.39 is 53.0 Å². The number of ether oxygens (including phenoxy) is 7. The van der Waals surface area contributed by atoms with Gasteiger partial charge in [0.25, 0.3) is 23.2 Å². The predicted octanol–water partition coefficient (Wildman–Crippen LogP) is 7.35. The molecule has 8 rings (SSSR count). The third kappa shape index (κ3) is 9.47. The van der Waals surface area contributed by atoms with E-state index in [1.54, 1.807) is 24.3 Å². The van der Waals surface area contributed by atoms with Gasteiger partial charge in [-0.2, -0.15) is 0 Å². The average molecular weight is 955 g/mol. The molecule has 1 saturated heterocycles. The molecule has 4 amide bonds. The van der Waals surface area contributed by atoms with Crippen LogP contribution < -0.4 is 38.4 Å². The number of amides is 4. The standard InChI is InChI=1S/C46H46N6O17/c1-62-38-18-28(32(51(58)59)22-40(38)64-3)24-66-45(56)48-15-6-9-27-17-35-37(21-31(27)48)68-36-20-30-26(8-5-13-47(30)14-7-10-44(55)69-50-42(53)11-12-43(50)54)16-34(36)49(35)46(57)67-25-29-19-39(63-2)41(65-4)23-33(29)52(60)61/h16-23H,5-15,24-25H2,1-4H3. The van der Waals surface area contributed by atoms with Gasteiger partial charge in [0.15, 0.2) is 34.5 Å². The Morgan fingerprint density at radius 2 is 1.12 bits per heavy atom. The quantitative estimate of drug-likeness (QED) is 0.0641. The van der Waals surface area contributed by atoms with Gasteiger partial charge in [0.1, 0.15) is 13.2 Å². The van der Waals surface area contributed by atoms with Gasteiger partial charge in [-0.3, -0.25) is 34.7 Å². The fourth-order valence-corrected chi connectivity index (χ4v) is 8.69. The Morgan fingerprint density at radius 3 is 1.65 bits per heavy atom. The molecule has 4 heterocycles. The Kier molecular flexibility index (Phi) is 13.6. The summed E-state index contributed by atoms with van der Waals surface area (Å²) in [6.45, 7) is 0.182. The number of methoxy groups -OCH3 is 4. The molecule has 69 heavy (non-hydrogen) atoms. The maximum Gasteiger partial charge on any atom is 0.419 e. The number of hydrogen-bond acceptors (Lipinski definition) is 18. The molecule has 23 nitrogen and oxygen atoms in total. The van der Waals surface area contributed by atoms with Crippen molar-refractivity contribution in [2.45, 2.75) is 64.6 Å². The summed E-state index contributed by atoms with van der Waals surface area (Å²) in [5.41, 5.74) is 2.57. The predicted molar refractivity (Wildman–Crippen MR) is 240 cm³/mol. The molecule has 362 valence electrons. The minimum Gasteiger partial charge on any atom is -0.493 e. The summed E-state index contributed by atoms with van der Waals surface area (Å²) >= 11 is 0. The zero-order valence-electron chi connectivity index (χ0n) is 37.9. The van der Waals surface area contributed by atoms with Crippen molar-refractivity contribution in [3.8, 4) is 34.5 Å². The van der Waals surface area contributed by atoms with Crippen LogP contribution in [0.1, 0.15) is 60.8 Å². The van der Waals surface area contributed by atoms with Gasteiger partial charge in [0, 0.05) is 56.7 Å². The lowest BCUT2D eigenvalue weighted by Crippen LogP contribution is -2.36. The first-order valence-corrected chi connectivity index (χ1v) is 21.8. The van der Waals surface area contributed by atoms with E-state index in [0.29, 0.717) is 60.8 Å². The number of anilines is 4. The number of hydroxylamine groups is 2. The van der Waals surface area contributed by atoms with Crippen LogP contribution in [0.15, 0.2) is 48.5 Å². The molecule has 4 aromatic carbocycles. The lowest BCUT2D eigenvalue weighted by Gasteiger charge is -2.37. The summed E-state index contributed by atoms with van der Waals surface area (Å²) in [4.78, 5) is 97.7. The lowest BCUT2D eigenvalue weighted by molar-refractivity contribution is -0.386. The summed E-state index contributed by atoms with van der Waals surface area (Å²) in [5.74, 6) is -0.900. The molecule has 0 aromatic heterocycles. The Morgan fingerprint density at radius 1 is 0.623 bits per heavy atom. The molecule has 0 aliphatic carbocycles. The number of hydrogen-bond donors (Lipinski definition) is 0. The van der Waals surface area contributed by atoms with Crippen LogP contribution in [0.5, 0.6) is 34.5 Å². The van der Waals surface area contributed by atoms with Crippen LogP contribution in [0.3, 0.4) is 0 Å². The fourth-order valence-electron chi connectivity index (χ4n) is 8.69. The first kappa shape index (κ1) is 47.1. The highest BCUT2D eigenvalue weighted by atomic mass is 16.7. The Labute approximate surface area is 393 Å². The zero-order valence-corrected chi connectivity index (χ0v) is 37.9. The van der Waals surface area contributed by atoms with Crippen LogP contribution in [0.2, 0.25) is 0 Å². The van der Waals surface area contributed by atoms with Gasteiger partial charge < -0.3 is 42.9 Å². The van der Waals surface area contributed by atoms with E-state index in [-0.39, 0.29) is 88.5 Å². The SMILES string of the molecule is COc1cc(COC(=O)N2CCCc3cc4c(cc32)Oc2cc3c(cc2N4C(=O)OCc2cc(OC)c(OC)cc2[N+](=O)[O-])CCCN3CCCC(=O)ON2C(=O)CCC2=O)c([N+](=O)[O-])cc1OC. The van der Waals surface area contributed by atoms with Crippen molar-refractivity contribution in [1.82, 2.24) is 5.06 Å². The highest BCUT2D eigenvalue weighted by Crippen LogP contribution is 2.52. The van der Waals surface area contributed by atoms with E-state index in [1.165, 1.54) is 62.5 Å². The third-order valence-electron chi connectivity index (χ3n) is 12.0. The largest absolute Gasteiger partial charge is 0.493 e. The van der Waals surface area contributed by atoms with E-state index >= 15 is 0 Å². The molecule has 4 aromatic rings. The van der Waals surface area contributed by atoms with E-state index in [2.05, 4.69) is 0 Å². The van der Waals surface area contributed by atoms with Crippen molar-refractivity contribution >= 4 is 64.1 Å². The topological polar surface area (TPSA) is 258 Å². The molecule has 0 bridgehead atoms. The fraction of sp³-hybridized carbons (Fsp3) is 0.370. The molecular formula is C46H46N6O17. The number of fused-ring (bicyclic) bond motifs is 4. The van der Waals surface area contributed by atoms with Crippen LogP contribution in [0.4, 0.5) is 43.7 Å². The minimum atomic E-state index is -0.908. The average Bonchev–Trinajstić information content (AvgIpc) is 3.66. The number of aryl methyl sites for hydroxylation is 2. The number of nitro groups is 2. The van der Waals surface area contributed by atoms with E-state index in [1.807, 2.05) is 4.90 Å². The van der Waals surface area contributed by atoms with Crippen LogP contribution in [-0.2, 0) is 54.8 Å². The molecule has 0 saturated carbocycles. The molecule has 0 atom stereocenters. The van der Waals surface area contributed by atoms with Crippen LogP contribution in [-0.4, -0.2) is 93.0 Å². The Bertz CT molecular complexity index is 2760. The van der Waals surface area contributed by atoms with Crippen LogP contribution in [0.25, 0.3) is 0 Å². The first-order chi connectivity index (χ1) is 33.2. The molecule has 0 N–H and O–H groups in total. The van der Waals surface area contributed by atoms with Crippen molar-refractivity contribution in [1.29, 1.82) is 0 Å². The van der Waals surface area contributed by atoms with Crippen molar-refractivity contribution in [3.63, 3.8) is 0 Å². The van der Waals surface area contributed by atoms with Crippen LogP contribution in [0, 0.1) is 20.2 Å². The first-order valence-electron chi connectivity index (χ1n) is 21.8. The monoisotopic (exact) mass is 954 g/mol. The second kappa shape index (κ2) is 19.8. The maximum atomic E-state index is 14.6. The van der Waals surface area contributed by atoms with Gasteiger partial charge in [0.2, 0.25) is 0 Å². The molecule has 4 aliphatic rings. The third-order valence-corrected chi connectivity index (χ3v) is 12.0. The molecule has 0 unspecified atom stereocenters. The summed E-state index contributed by atoms with van der Waals surface area (Å²) in [6.07, 6.45) is 0.761. The number of carbonyl (C=O) groups excluding carboxylic acids is 5. The minimum absolute atomic E-state index is 0.0213. The molecular weight excluding hydrogens is 909 g/mol. The van der Waals surface area contributed by atoms with Crippen molar-refractivity contribution < 1.29 is 71.8 Å². The summed E-state index contributed by atoms with van der Waals surface area (Å²) in [7, 11) is 5.41. The van der Waals surface area contributed by atoms with Crippen molar-refractivity contribution in [2.24, 2.45) is 0 Å². The molecule has 4 aliphatic heterocycles. The van der Waals surface area contributed by atoms with E-state index in [9.17, 15) is 44.2 Å². The molecule has 0 radical (unpaired) electrons. The van der Waals surface area contributed by atoms with Crippen molar-refractivity contribution in [2.75, 3.05) is 62.8 Å². The zero-order chi connectivity index (χ0) is 49.1. The number of nitro benzene ring substituents is 2. The summed E-state index contributed by atoms with van der Waals surface area (Å²) in [6, 6.07) is 11.9. The van der Waals surface area contributed by atoms with Gasteiger partial charge in [-0.1, -0.05) is 0 Å². The van der Waals surface area contributed by atoms with Crippen molar-refractivity contribution in [3.05, 3.63) is 91.0 Å². The highest BCUT2D eigenvalue weighted by molar-refractivity contribution is 6.03. The Balaban J connectivity index is 1.10. The second-order valence-electron chi connectivity index (χ2n) is 16.1. The number of imide groups is 1. The number of rotatable bonds is 15.